The monoisotopic (exact) mass is 357 g/mol. The number of amides is 1. The molecule has 0 fully saturated rings. The van der Waals surface area contributed by atoms with Gasteiger partial charge in [-0.2, -0.15) is 5.10 Å². The predicted octanol–water partition coefficient (Wildman–Crippen LogP) is 2.09. The zero-order valence-electron chi connectivity index (χ0n) is 15.1. The lowest BCUT2D eigenvalue weighted by Crippen LogP contribution is -2.31. The van der Waals surface area contributed by atoms with Gasteiger partial charge < -0.3 is 14.4 Å². The van der Waals surface area contributed by atoms with Gasteiger partial charge in [0, 0.05) is 26.2 Å². The van der Waals surface area contributed by atoms with Crippen LogP contribution in [0.2, 0.25) is 0 Å². The number of fused-ring (bicyclic) bond motifs is 1. The lowest BCUT2D eigenvalue weighted by Gasteiger charge is -2.21. The summed E-state index contributed by atoms with van der Waals surface area (Å²) in [5.41, 5.74) is 1.01. The van der Waals surface area contributed by atoms with E-state index < -0.39 is 0 Å². The maximum absolute atomic E-state index is 12.7. The topological polar surface area (TPSA) is 73.7 Å². The lowest BCUT2D eigenvalue weighted by molar-refractivity contribution is 0.0776. The summed E-state index contributed by atoms with van der Waals surface area (Å²) in [6.07, 6.45) is 1.80. The molecule has 0 atom stereocenters. The Morgan fingerprint density at radius 3 is 2.73 bits per heavy atom. The lowest BCUT2D eigenvalue weighted by atomic mass is 10.1. The molecule has 1 aromatic heterocycles. The van der Waals surface area contributed by atoms with E-state index in [0.717, 1.165) is 24.2 Å². The number of nitrogens with zero attached hydrogens (tertiary/aromatic N) is 3. The second-order valence-electron chi connectivity index (χ2n) is 6.27. The first-order valence-corrected chi connectivity index (χ1v) is 8.80. The van der Waals surface area contributed by atoms with E-state index in [1.165, 1.54) is 16.8 Å². The van der Waals surface area contributed by atoms with Gasteiger partial charge in [-0.1, -0.05) is 19.4 Å². The normalized spacial score (nSPS) is 12.7. The van der Waals surface area contributed by atoms with Crippen molar-refractivity contribution in [2.75, 3.05) is 20.3 Å². The molecule has 26 heavy (non-hydrogen) atoms. The van der Waals surface area contributed by atoms with Crippen molar-refractivity contribution < 1.29 is 14.3 Å². The summed E-state index contributed by atoms with van der Waals surface area (Å²) in [7, 11) is 1.71. The third-order valence-corrected chi connectivity index (χ3v) is 4.18. The van der Waals surface area contributed by atoms with Crippen LogP contribution in [0.15, 0.2) is 35.1 Å². The smallest absolute Gasteiger partial charge is 0.274 e. The van der Waals surface area contributed by atoms with Crippen molar-refractivity contribution in [3.63, 3.8) is 0 Å². The zero-order chi connectivity index (χ0) is 18.5. The van der Waals surface area contributed by atoms with Gasteiger partial charge in [0.1, 0.15) is 18.9 Å². The van der Waals surface area contributed by atoms with Crippen molar-refractivity contribution >= 4 is 5.91 Å². The molecule has 3 rings (SSSR count). The van der Waals surface area contributed by atoms with E-state index >= 15 is 0 Å². The summed E-state index contributed by atoms with van der Waals surface area (Å²) in [5.74, 6) is 1.18. The second-order valence-corrected chi connectivity index (χ2v) is 6.27. The molecule has 2 aromatic rings. The molecule has 1 aliphatic rings. The van der Waals surface area contributed by atoms with Crippen molar-refractivity contribution in [3.8, 4) is 11.5 Å². The van der Waals surface area contributed by atoms with Gasteiger partial charge in [0.15, 0.2) is 11.5 Å². The number of carbonyl (C=O) groups is 1. The van der Waals surface area contributed by atoms with E-state index in [-0.39, 0.29) is 17.2 Å². The molecule has 1 aromatic carbocycles. The Morgan fingerprint density at radius 1 is 1.19 bits per heavy atom. The molecule has 2 heterocycles. The number of carbonyl (C=O) groups excluding carboxylic acids is 1. The van der Waals surface area contributed by atoms with Crippen LogP contribution in [0.25, 0.3) is 0 Å². The Bertz CT molecular complexity index is 847. The molecule has 0 radical (unpaired) electrons. The van der Waals surface area contributed by atoms with Crippen LogP contribution in [-0.4, -0.2) is 40.8 Å². The number of rotatable bonds is 6. The summed E-state index contributed by atoms with van der Waals surface area (Å²) >= 11 is 0. The average molecular weight is 357 g/mol. The van der Waals surface area contributed by atoms with Crippen LogP contribution >= 0.6 is 0 Å². The second kappa shape index (κ2) is 8.03. The third-order valence-electron chi connectivity index (χ3n) is 4.18. The number of aromatic nitrogens is 2. The van der Waals surface area contributed by atoms with Crippen LogP contribution in [0.3, 0.4) is 0 Å². The molecular formula is C19H23N3O4. The van der Waals surface area contributed by atoms with Crippen LogP contribution in [0.4, 0.5) is 0 Å². The van der Waals surface area contributed by atoms with E-state index in [9.17, 15) is 9.59 Å². The van der Waals surface area contributed by atoms with Gasteiger partial charge in [-0.15, -0.1) is 0 Å². The van der Waals surface area contributed by atoms with Crippen LogP contribution in [-0.2, 0) is 13.1 Å². The predicted molar refractivity (Wildman–Crippen MR) is 96.6 cm³/mol. The van der Waals surface area contributed by atoms with Crippen LogP contribution in [0.5, 0.6) is 11.5 Å². The van der Waals surface area contributed by atoms with E-state index in [1.807, 2.05) is 25.1 Å². The summed E-state index contributed by atoms with van der Waals surface area (Å²) in [6.45, 7) is 4.04. The fraction of sp³-hybridized carbons (Fsp3) is 0.421. The van der Waals surface area contributed by atoms with Gasteiger partial charge in [0.2, 0.25) is 0 Å². The van der Waals surface area contributed by atoms with E-state index in [2.05, 4.69) is 5.10 Å². The van der Waals surface area contributed by atoms with Crippen LogP contribution in [0, 0.1) is 0 Å². The molecule has 7 heteroatoms. The largest absolute Gasteiger partial charge is 0.486 e. The quantitative estimate of drug-likeness (QED) is 0.791. The summed E-state index contributed by atoms with van der Waals surface area (Å²) in [5, 5.41) is 4.21. The van der Waals surface area contributed by atoms with Gasteiger partial charge in [-0.25, -0.2) is 4.68 Å². The molecule has 0 aliphatic carbocycles. The number of unbranched alkanes of at least 4 members (excludes halogenated alkanes) is 1. The molecule has 1 aliphatic heterocycles. The minimum absolute atomic E-state index is 0.190. The highest BCUT2D eigenvalue weighted by Crippen LogP contribution is 2.31. The van der Waals surface area contributed by atoms with Gasteiger partial charge in [-0.3, -0.25) is 9.59 Å². The van der Waals surface area contributed by atoms with Crippen molar-refractivity contribution in [1.29, 1.82) is 0 Å². The molecular weight excluding hydrogens is 334 g/mol. The highest BCUT2D eigenvalue weighted by molar-refractivity contribution is 5.91. The third kappa shape index (κ3) is 4.04. The Balaban J connectivity index is 1.72. The SMILES string of the molecule is CCCCn1nc(C(=O)N(C)Cc2ccc3c(c2)OCCO3)ccc1=O. The van der Waals surface area contributed by atoms with Gasteiger partial charge in [-0.05, 0) is 30.2 Å². The number of benzene rings is 1. The Morgan fingerprint density at radius 2 is 1.96 bits per heavy atom. The minimum atomic E-state index is -0.231. The summed E-state index contributed by atoms with van der Waals surface area (Å²) in [6, 6.07) is 8.52. The maximum Gasteiger partial charge on any atom is 0.274 e. The highest BCUT2D eigenvalue weighted by Gasteiger charge is 2.17. The number of hydrogen-bond acceptors (Lipinski definition) is 5. The standard InChI is InChI=1S/C19H23N3O4/c1-3-4-9-22-18(23)8-6-15(20-22)19(24)21(2)13-14-5-7-16-17(12-14)26-11-10-25-16/h5-8,12H,3-4,9-11,13H2,1-2H3. The minimum Gasteiger partial charge on any atom is -0.486 e. The number of aryl methyl sites for hydroxylation is 1. The molecule has 0 unspecified atom stereocenters. The first kappa shape index (κ1) is 18.0. The summed E-state index contributed by atoms with van der Waals surface area (Å²) < 4.78 is 12.4. The molecule has 0 spiro atoms. The van der Waals surface area contributed by atoms with Crippen molar-refractivity contribution in [2.45, 2.75) is 32.9 Å². The molecule has 0 saturated carbocycles. The molecule has 138 valence electrons. The van der Waals surface area contributed by atoms with E-state index in [4.69, 9.17) is 9.47 Å². The van der Waals surface area contributed by atoms with Crippen LogP contribution in [0.1, 0.15) is 35.8 Å². The molecule has 0 bridgehead atoms. The molecule has 0 N–H and O–H groups in total. The first-order valence-electron chi connectivity index (χ1n) is 8.80. The molecule has 0 saturated heterocycles. The Hall–Kier alpha value is -2.83. The fourth-order valence-corrected chi connectivity index (χ4v) is 2.76. The van der Waals surface area contributed by atoms with Crippen molar-refractivity contribution in [2.24, 2.45) is 0 Å². The van der Waals surface area contributed by atoms with E-state index in [0.29, 0.717) is 32.1 Å². The van der Waals surface area contributed by atoms with Crippen molar-refractivity contribution in [3.05, 3.63) is 51.9 Å². The van der Waals surface area contributed by atoms with Crippen molar-refractivity contribution in [1.82, 2.24) is 14.7 Å². The fourth-order valence-electron chi connectivity index (χ4n) is 2.76. The van der Waals surface area contributed by atoms with E-state index in [1.54, 1.807) is 11.9 Å². The average Bonchev–Trinajstić information content (AvgIpc) is 2.66. The Kier molecular flexibility index (Phi) is 5.55. The highest BCUT2D eigenvalue weighted by atomic mass is 16.6. The number of hydrogen-bond donors (Lipinski definition) is 0. The maximum atomic E-state index is 12.7. The van der Waals surface area contributed by atoms with Gasteiger partial charge in [0.25, 0.3) is 11.5 Å². The molecule has 7 nitrogen and oxygen atoms in total. The zero-order valence-corrected chi connectivity index (χ0v) is 15.1. The summed E-state index contributed by atoms with van der Waals surface area (Å²) in [4.78, 5) is 26.1. The van der Waals surface area contributed by atoms with Gasteiger partial charge in [0.05, 0.1) is 0 Å². The first-order chi connectivity index (χ1) is 12.6. The van der Waals surface area contributed by atoms with Crippen LogP contribution < -0.4 is 15.0 Å². The van der Waals surface area contributed by atoms with Gasteiger partial charge >= 0.3 is 0 Å². The Labute approximate surface area is 152 Å². The number of ether oxygens (including phenoxy) is 2. The molecule has 1 amide bonds.